The zero-order chi connectivity index (χ0) is 14.3. The van der Waals surface area contributed by atoms with Gasteiger partial charge in [0.1, 0.15) is 0 Å². The predicted octanol–water partition coefficient (Wildman–Crippen LogP) is 0.520. The van der Waals surface area contributed by atoms with Crippen molar-refractivity contribution in [2.75, 3.05) is 12.3 Å². The number of esters is 1. The molecule has 0 aliphatic rings. The number of anilines is 1. The number of hydrogen-bond acceptors (Lipinski definition) is 6. The van der Waals surface area contributed by atoms with Gasteiger partial charge in [0.25, 0.3) is 5.91 Å². The van der Waals surface area contributed by atoms with Crippen LogP contribution >= 0.6 is 0 Å². The van der Waals surface area contributed by atoms with E-state index in [0.29, 0.717) is 0 Å². The van der Waals surface area contributed by atoms with Gasteiger partial charge in [-0.05, 0) is 13.3 Å². The van der Waals surface area contributed by atoms with Gasteiger partial charge in [0.2, 0.25) is 0 Å². The summed E-state index contributed by atoms with van der Waals surface area (Å²) in [6.45, 7) is 3.56. The Morgan fingerprint density at radius 2 is 2.11 bits per heavy atom. The van der Waals surface area contributed by atoms with E-state index in [2.05, 4.69) is 15.3 Å². The minimum atomic E-state index is -0.760. The van der Waals surface area contributed by atoms with Crippen molar-refractivity contribution < 1.29 is 14.3 Å². The molecule has 1 amide bonds. The molecule has 0 fully saturated rings. The van der Waals surface area contributed by atoms with E-state index >= 15 is 0 Å². The average molecular weight is 266 g/mol. The normalized spacial score (nSPS) is 11.7. The first-order valence-corrected chi connectivity index (χ1v) is 6.07. The van der Waals surface area contributed by atoms with Gasteiger partial charge in [-0.1, -0.05) is 13.3 Å². The maximum atomic E-state index is 11.6. The summed E-state index contributed by atoms with van der Waals surface area (Å²) in [5.74, 6) is -1.13. The second-order valence-corrected chi connectivity index (χ2v) is 4.12. The van der Waals surface area contributed by atoms with Crippen LogP contribution in [0.4, 0.5) is 5.82 Å². The molecule has 0 aromatic carbocycles. The Morgan fingerprint density at radius 1 is 1.42 bits per heavy atom. The average Bonchev–Trinajstić information content (AvgIpc) is 2.36. The van der Waals surface area contributed by atoms with E-state index in [-0.39, 0.29) is 30.1 Å². The topological polar surface area (TPSA) is 107 Å². The lowest BCUT2D eigenvalue weighted by Gasteiger charge is -2.12. The Kier molecular flexibility index (Phi) is 5.72. The molecule has 0 aliphatic heterocycles. The van der Waals surface area contributed by atoms with Gasteiger partial charge >= 0.3 is 5.97 Å². The summed E-state index contributed by atoms with van der Waals surface area (Å²) in [6.07, 6.45) is 4.54. The molecule has 0 bridgehead atoms. The number of rotatable bonds is 6. The van der Waals surface area contributed by atoms with Crippen LogP contribution in [0.15, 0.2) is 12.4 Å². The van der Waals surface area contributed by atoms with E-state index in [0.717, 1.165) is 12.8 Å². The minimum absolute atomic E-state index is 0.0211. The summed E-state index contributed by atoms with van der Waals surface area (Å²) in [5, 5.41) is 2.72. The Morgan fingerprint density at radius 3 is 2.74 bits per heavy atom. The highest BCUT2D eigenvalue weighted by atomic mass is 16.5. The zero-order valence-corrected chi connectivity index (χ0v) is 11.0. The van der Waals surface area contributed by atoms with Crippen molar-refractivity contribution in [2.24, 2.45) is 0 Å². The van der Waals surface area contributed by atoms with Gasteiger partial charge in [0, 0.05) is 18.4 Å². The maximum absolute atomic E-state index is 11.6. The number of nitrogen functional groups attached to an aromatic ring is 1. The number of ether oxygens (including phenoxy) is 1. The van der Waals surface area contributed by atoms with Gasteiger partial charge in [-0.3, -0.25) is 4.79 Å². The van der Waals surface area contributed by atoms with E-state index in [1.165, 1.54) is 12.4 Å². The van der Waals surface area contributed by atoms with Crippen LogP contribution in [-0.4, -0.2) is 34.5 Å². The fourth-order valence-electron chi connectivity index (χ4n) is 1.53. The summed E-state index contributed by atoms with van der Waals surface area (Å²) in [5.41, 5.74) is 5.39. The summed E-state index contributed by atoms with van der Waals surface area (Å²) >= 11 is 0. The highest BCUT2D eigenvalue weighted by molar-refractivity contribution is 5.93. The zero-order valence-electron chi connectivity index (χ0n) is 11.0. The van der Waals surface area contributed by atoms with Crippen LogP contribution in [0.3, 0.4) is 0 Å². The molecular formula is C12H18N4O3. The lowest BCUT2D eigenvalue weighted by molar-refractivity contribution is -0.124. The second kappa shape index (κ2) is 7.30. The van der Waals surface area contributed by atoms with Gasteiger partial charge in [0.05, 0.1) is 0 Å². The maximum Gasteiger partial charge on any atom is 0.361 e. The molecule has 104 valence electrons. The van der Waals surface area contributed by atoms with Gasteiger partial charge in [-0.25, -0.2) is 14.8 Å². The van der Waals surface area contributed by atoms with Crippen molar-refractivity contribution >= 4 is 17.7 Å². The number of nitrogens with two attached hydrogens (primary N) is 1. The number of carbonyl (C=O) groups excluding carboxylic acids is 2. The third-order valence-corrected chi connectivity index (χ3v) is 2.38. The molecule has 0 saturated carbocycles. The summed E-state index contributed by atoms with van der Waals surface area (Å²) in [6, 6.07) is 0.0535. The van der Waals surface area contributed by atoms with Gasteiger partial charge in [-0.2, -0.15) is 0 Å². The number of hydrogen-bond donors (Lipinski definition) is 2. The molecule has 1 atom stereocenters. The van der Waals surface area contributed by atoms with Crippen LogP contribution in [0.25, 0.3) is 0 Å². The molecule has 1 rings (SSSR count). The first-order valence-electron chi connectivity index (χ1n) is 6.07. The molecule has 7 heteroatoms. The van der Waals surface area contributed by atoms with E-state index < -0.39 is 5.97 Å². The lowest BCUT2D eigenvalue weighted by Crippen LogP contribution is -2.35. The molecule has 0 spiro atoms. The number of aromatic nitrogens is 2. The quantitative estimate of drug-likeness (QED) is 0.727. The second-order valence-electron chi connectivity index (χ2n) is 4.12. The van der Waals surface area contributed by atoms with Gasteiger partial charge in [-0.15, -0.1) is 0 Å². The molecule has 1 aromatic rings. The highest BCUT2D eigenvalue weighted by Gasteiger charge is 2.15. The third-order valence-electron chi connectivity index (χ3n) is 2.38. The van der Waals surface area contributed by atoms with Crippen LogP contribution in [0.2, 0.25) is 0 Å². The van der Waals surface area contributed by atoms with E-state index in [1.54, 1.807) is 0 Å². The molecule has 1 aromatic heterocycles. The molecular weight excluding hydrogens is 248 g/mol. The standard InChI is InChI=1S/C12H18N4O3/c1-3-4-8(2)16-9(17)7-19-12(18)10-11(13)15-6-5-14-10/h5-6,8H,3-4,7H2,1-2H3,(H2,13,15)(H,16,17)/t8-/m0/s1. The van der Waals surface area contributed by atoms with Crippen LogP contribution in [0.1, 0.15) is 37.2 Å². The fraction of sp³-hybridized carbons (Fsp3) is 0.500. The van der Waals surface area contributed by atoms with E-state index in [1.807, 2.05) is 13.8 Å². The number of nitrogens with zero attached hydrogens (tertiary/aromatic N) is 2. The number of carbonyl (C=O) groups is 2. The first-order chi connectivity index (χ1) is 9.04. The van der Waals surface area contributed by atoms with Crippen molar-refractivity contribution in [1.82, 2.24) is 15.3 Å². The number of nitrogens with one attached hydrogen (secondary N) is 1. The van der Waals surface area contributed by atoms with Crippen LogP contribution in [0, 0.1) is 0 Å². The van der Waals surface area contributed by atoms with Gasteiger partial charge in [0.15, 0.2) is 18.1 Å². The van der Waals surface area contributed by atoms with Gasteiger partial charge < -0.3 is 15.8 Å². The summed E-state index contributed by atoms with van der Waals surface area (Å²) < 4.78 is 4.82. The first kappa shape index (κ1) is 14.9. The van der Waals surface area contributed by atoms with Crippen molar-refractivity contribution in [3.05, 3.63) is 18.1 Å². The molecule has 1 heterocycles. The minimum Gasteiger partial charge on any atom is -0.451 e. The molecule has 0 unspecified atom stereocenters. The summed E-state index contributed by atoms with van der Waals surface area (Å²) in [7, 11) is 0. The van der Waals surface area contributed by atoms with Crippen molar-refractivity contribution in [3.8, 4) is 0 Å². The lowest BCUT2D eigenvalue weighted by atomic mass is 10.2. The Hall–Kier alpha value is -2.18. The molecule has 0 radical (unpaired) electrons. The van der Waals surface area contributed by atoms with Crippen LogP contribution in [-0.2, 0) is 9.53 Å². The molecule has 19 heavy (non-hydrogen) atoms. The summed E-state index contributed by atoms with van der Waals surface area (Å²) in [4.78, 5) is 30.6. The molecule has 0 saturated heterocycles. The molecule has 3 N–H and O–H groups in total. The van der Waals surface area contributed by atoms with Crippen molar-refractivity contribution in [2.45, 2.75) is 32.7 Å². The SMILES string of the molecule is CCC[C@H](C)NC(=O)COC(=O)c1nccnc1N. The van der Waals surface area contributed by atoms with E-state index in [9.17, 15) is 9.59 Å². The van der Waals surface area contributed by atoms with Crippen molar-refractivity contribution in [1.29, 1.82) is 0 Å². The van der Waals surface area contributed by atoms with Crippen LogP contribution < -0.4 is 11.1 Å². The van der Waals surface area contributed by atoms with Crippen molar-refractivity contribution in [3.63, 3.8) is 0 Å². The Balaban J connectivity index is 2.42. The largest absolute Gasteiger partial charge is 0.451 e. The Bertz CT molecular complexity index is 450. The van der Waals surface area contributed by atoms with E-state index in [4.69, 9.17) is 10.5 Å². The third kappa shape index (κ3) is 4.90. The predicted molar refractivity (Wildman–Crippen MR) is 69.2 cm³/mol. The Labute approximate surface area is 111 Å². The molecule has 7 nitrogen and oxygen atoms in total. The fourth-order valence-corrected chi connectivity index (χ4v) is 1.53. The number of amides is 1. The van der Waals surface area contributed by atoms with Crippen LogP contribution in [0.5, 0.6) is 0 Å². The monoisotopic (exact) mass is 266 g/mol. The smallest absolute Gasteiger partial charge is 0.361 e. The molecule has 0 aliphatic carbocycles. The highest BCUT2D eigenvalue weighted by Crippen LogP contribution is 2.04.